The van der Waals surface area contributed by atoms with E-state index in [1.165, 1.54) is 5.56 Å². The number of hydrogen-bond donors (Lipinski definition) is 4. The molecule has 0 radical (unpaired) electrons. The minimum atomic E-state index is -5.77. The third kappa shape index (κ3) is 9.62. The molecule has 2 aliphatic rings. The average molecular weight is 657 g/mol. The van der Waals surface area contributed by atoms with Crippen LogP contribution in [0.4, 0.5) is 55.2 Å². The Morgan fingerprint density at radius 3 is 2.31 bits per heavy atom. The first kappa shape index (κ1) is 33.6. The van der Waals surface area contributed by atoms with Crippen LogP contribution in [-0.4, -0.2) is 52.9 Å². The number of halogens is 7. The maximum atomic E-state index is 12.8. The van der Waals surface area contributed by atoms with E-state index in [9.17, 15) is 40.7 Å². The van der Waals surface area contributed by atoms with Crippen molar-refractivity contribution in [3.05, 3.63) is 64.8 Å². The smallest absolute Gasteiger partial charge is 0.339 e. The number of aromatic nitrogens is 2. The van der Waals surface area contributed by atoms with Crippen molar-refractivity contribution in [2.75, 3.05) is 29.0 Å². The lowest BCUT2D eigenvalue weighted by Gasteiger charge is -2.22. The Balaban J connectivity index is 0.000000328. The summed E-state index contributed by atoms with van der Waals surface area (Å²) in [5.41, 5.74) is 4.89. The number of fused-ring (bicyclic) bond motifs is 6. The quantitative estimate of drug-likeness (QED) is 0.191. The molecule has 0 saturated carbocycles. The van der Waals surface area contributed by atoms with E-state index >= 15 is 0 Å². The van der Waals surface area contributed by atoms with Crippen LogP contribution in [0.5, 0.6) is 0 Å². The SMILES string of the molecule is O=C(C(=O)C(F)(F)F)C(F)(F)F.O=C(C[C@@H]1CCCNC1)Nc1ccc2cc1CCc1cccc(c1)Nc1ncc(Cl)c(n1)N2. The number of Topliss-reactive ketones (excluding diaryl/α,β-unsaturated/α-hetero) is 2. The van der Waals surface area contributed by atoms with Gasteiger partial charge in [-0.15, -0.1) is 0 Å². The van der Waals surface area contributed by atoms with Crippen molar-refractivity contribution in [2.24, 2.45) is 5.92 Å². The number of piperidine rings is 1. The van der Waals surface area contributed by atoms with Crippen LogP contribution >= 0.6 is 11.6 Å². The zero-order valence-electron chi connectivity index (χ0n) is 23.4. The second kappa shape index (κ2) is 14.2. The Morgan fingerprint density at radius 2 is 1.64 bits per heavy atom. The van der Waals surface area contributed by atoms with Gasteiger partial charge >= 0.3 is 23.9 Å². The molecule has 1 saturated heterocycles. The number of carbonyl (C=O) groups is 3. The molecule has 1 aromatic heterocycles. The first-order valence-corrected chi connectivity index (χ1v) is 14.1. The highest BCUT2D eigenvalue weighted by Crippen LogP contribution is 2.30. The molecule has 1 atom stereocenters. The van der Waals surface area contributed by atoms with E-state index < -0.39 is 23.9 Å². The Bertz CT molecular complexity index is 1540. The number of ketones is 2. The minimum absolute atomic E-state index is 0.0678. The van der Waals surface area contributed by atoms with Crippen LogP contribution in [0.25, 0.3) is 0 Å². The van der Waals surface area contributed by atoms with Gasteiger partial charge in [0.05, 0.1) is 6.20 Å². The van der Waals surface area contributed by atoms with Gasteiger partial charge < -0.3 is 21.3 Å². The summed E-state index contributed by atoms with van der Waals surface area (Å²) in [7, 11) is 0. The summed E-state index contributed by atoms with van der Waals surface area (Å²) in [6, 6.07) is 14.2. The standard InChI is InChI=1S/C25H27ClN6O.C4F6O2/c26-21-15-28-25-30-19-5-1-3-16(11-19)6-7-18-13-20(29-24(21)32-25)8-9-22(18)31-23(33)12-17-4-2-10-27-14-17;5-3(6,7)1(11)2(12)4(8,9)10/h1,3,5,8-9,11,13,15,17,27H,2,4,6-7,10,12,14H2,(H,31,33)(H2,28,29,30,32);/t17-;/m0./s1. The predicted octanol–water partition coefficient (Wildman–Crippen LogP) is 6.29. The fraction of sp³-hybridized carbons (Fsp3) is 0.345. The summed E-state index contributed by atoms with van der Waals surface area (Å²) in [4.78, 5) is 40.8. The van der Waals surface area contributed by atoms with Crippen molar-refractivity contribution in [3.8, 4) is 0 Å². The maximum absolute atomic E-state index is 12.8. The first-order chi connectivity index (χ1) is 21.2. The summed E-state index contributed by atoms with van der Waals surface area (Å²) in [5, 5.41) is 13.5. The Morgan fingerprint density at radius 1 is 0.933 bits per heavy atom. The molecule has 3 aromatic rings. The molecule has 4 N–H and O–H groups in total. The number of anilines is 5. The Labute approximate surface area is 258 Å². The summed E-state index contributed by atoms with van der Waals surface area (Å²) in [5.74, 6) is -5.35. The van der Waals surface area contributed by atoms with Gasteiger partial charge in [-0.1, -0.05) is 23.7 Å². The van der Waals surface area contributed by atoms with E-state index in [1.54, 1.807) is 6.20 Å². The van der Waals surface area contributed by atoms with Crippen molar-refractivity contribution >= 4 is 57.9 Å². The molecule has 2 aromatic carbocycles. The van der Waals surface area contributed by atoms with Crippen molar-refractivity contribution in [1.29, 1.82) is 0 Å². The van der Waals surface area contributed by atoms with Crippen LogP contribution < -0.4 is 21.3 Å². The van der Waals surface area contributed by atoms with Crippen LogP contribution in [-0.2, 0) is 27.2 Å². The van der Waals surface area contributed by atoms with E-state index in [0.717, 1.165) is 61.4 Å². The van der Waals surface area contributed by atoms with Crippen LogP contribution in [0.1, 0.15) is 30.4 Å². The van der Waals surface area contributed by atoms with Crippen molar-refractivity contribution in [3.63, 3.8) is 0 Å². The van der Waals surface area contributed by atoms with E-state index in [1.807, 2.05) is 24.3 Å². The molecule has 5 rings (SSSR count). The molecule has 9 nitrogen and oxygen atoms in total. The van der Waals surface area contributed by atoms with Gasteiger partial charge in [0, 0.05) is 23.5 Å². The molecule has 16 heteroatoms. The third-order valence-electron chi connectivity index (χ3n) is 6.85. The van der Waals surface area contributed by atoms with Crippen LogP contribution in [0.15, 0.2) is 48.7 Å². The lowest BCUT2D eigenvalue weighted by atomic mass is 9.95. The van der Waals surface area contributed by atoms with Gasteiger partial charge in [-0.05, 0) is 86.1 Å². The molecule has 240 valence electrons. The zero-order chi connectivity index (χ0) is 32.8. The second-order valence-corrected chi connectivity index (χ2v) is 10.7. The number of alkyl halides is 6. The summed E-state index contributed by atoms with van der Waals surface area (Å²) >= 11 is 6.35. The topological polar surface area (TPSA) is 125 Å². The van der Waals surface area contributed by atoms with Gasteiger partial charge in [0.1, 0.15) is 5.02 Å². The lowest BCUT2D eigenvalue weighted by Crippen LogP contribution is -2.39. The molecule has 1 fully saturated rings. The largest absolute Gasteiger partial charge is 0.458 e. The maximum Gasteiger partial charge on any atom is 0.458 e. The number of carbonyl (C=O) groups excluding carboxylic acids is 3. The highest BCUT2D eigenvalue weighted by Gasteiger charge is 2.54. The molecular formula is C29H27ClF6N6O3. The highest BCUT2D eigenvalue weighted by molar-refractivity contribution is 6.41. The molecule has 2 aliphatic heterocycles. The van der Waals surface area contributed by atoms with Crippen LogP contribution in [0.3, 0.4) is 0 Å². The van der Waals surface area contributed by atoms with Crippen molar-refractivity contribution in [1.82, 2.24) is 15.3 Å². The van der Waals surface area contributed by atoms with E-state index in [2.05, 4.69) is 49.4 Å². The Kier molecular flexibility index (Phi) is 10.7. The van der Waals surface area contributed by atoms with Crippen LogP contribution in [0.2, 0.25) is 5.02 Å². The normalized spacial score (nSPS) is 16.2. The second-order valence-electron chi connectivity index (χ2n) is 10.3. The summed E-state index contributed by atoms with van der Waals surface area (Å²) in [6.45, 7) is 1.96. The minimum Gasteiger partial charge on any atom is -0.339 e. The predicted molar refractivity (Wildman–Crippen MR) is 155 cm³/mol. The molecule has 1 amide bonds. The van der Waals surface area contributed by atoms with E-state index in [0.29, 0.717) is 29.1 Å². The lowest BCUT2D eigenvalue weighted by molar-refractivity contribution is -0.193. The molecule has 0 unspecified atom stereocenters. The van der Waals surface area contributed by atoms with Crippen molar-refractivity contribution < 1.29 is 40.7 Å². The van der Waals surface area contributed by atoms with Gasteiger partial charge in [-0.25, -0.2) is 4.98 Å². The number of amides is 1. The van der Waals surface area contributed by atoms with Crippen molar-refractivity contribution in [2.45, 2.75) is 44.5 Å². The fourth-order valence-corrected chi connectivity index (χ4v) is 4.82. The molecule has 45 heavy (non-hydrogen) atoms. The number of hydrogen-bond acceptors (Lipinski definition) is 8. The number of nitrogens with one attached hydrogen (secondary N) is 4. The summed E-state index contributed by atoms with van der Waals surface area (Å²) in [6.07, 6.45) is -5.56. The van der Waals surface area contributed by atoms with Gasteiger partial charge in [0.25, 0.3) is 0 Å². The zero-order valence-corrected chi connectivity index (χ0v) is 24.2. The number of aryl methyl sites for hydroxylation is 2. The van der Waals surface area contributed by atoms with E-state index in [-0.39, 0.29) is 5.91 Å². The highest BCUT2D eigenvalue weighted by atomic mass is 35.5. The number of benzene rings is 2. The fourth-order valence-electron chi connectivity index (χ4n) is 4.68. The molecule has 0 aliphatic carbocycles. The van der Waals surface area contributed by atoms with Gasteiger partial charge in [0.15, 0.2) is 5.82 Å². The average Bonchev–Trinajstić information content (AvgIpc) is 2.98. The van der Waals surface area contributed by atoms with Gasteiger partial charge in [0.2, 0.25) is 11.9 Å². The Hall–Kier alpha value is -4.24. The molecular weight excluding hydrogens is 630 g/mol. The molecule has 3 heterocycles. The van der Waals surface area contributed by atoms with Gasteiger partial charge in [-0.3, -0.25) is 14.4 Å². The molecule has 0 spiro atoms. The monoisotopic (exact) mass is 656 g/mol. The number of nitrogens with zero attached hydrogens (tertiary/aromatic N) is 2. The first-order valence-electron chi connectivity index (χ1n) is 13.7. The third-order valence-corrected chi connectivity index (χ3v) is 7.12. The number of rotatable bonds is 4. The van der Waals surface area contributed by atoms with Crippen LogP contribution in [0, 0.1) is 5.92 Å². The summed E-state index contributed by atoms with van der Waals surface area (Å²) < 4.78 is 67.0. The van der Waals surface area contributed by atoms with Gasteiger partial charge in [-0.2, -0.15) is 31.3 Å². The van der Waals surface area contributed by atoms with E-state index in [4.69, 9.17) is 11.6 Å². The molecule has 6 bridgehead atoms.